The van der Waals surface area contributed by atoms with Crippen LogP contribution in [0, 0.1) is 13.8 Å². The van der Waals surface area contributed by atoms with Crippen molar-refractivity contribution >= 4 is 16.8 Å². The van der Waals surface area contributed by atoms with Crippen LogP contribution in [0.25, 0.3) is 0 Å². The van der Waals surface area contributed by atoms with Gasteiger partial charge in [0.2, 0.25) is 0 Å². The first-order valence-electron chi connectivity index (χ1n) is 4.43. The number of aliphatic hydroxyl groups excluding tert-OH is 1. The molecule has 1 unspecified atom stereocenters. The Morgan fingerprint density at radius 1 is 1.36 bits per heavy atom. The number of rotatable bonds is 3. The molecule has 0 fully saturated rings. The van der Waals surface area contributed by atoms with E-state index in [2.05, 4.69) is 0 Å². The van der Waals surface area contributed by atoms with Gasteiger partial charge in [-0.2, -0.15) is 0 Å². The number of hydrogen-bond acceptors (Lipinski definition) is 2. The Labute approximate surface area is 88.5 Å². The summed E-state index contributed by atoms with van der Waals surface area (Å²) in [5.74, 6) is 0. The van der Waals surface area contributed by atoms with Crippen molar-refractivity contribution in [3.63, 3.8) is 0 Å². The lowest BCUT2D eigenvalue weighted by Gasteiger charge is -2.07. The van der Waals surface area contributed by atoms with Crippen LogP contribution in [0.3, 0.4) is 0 Å². The molecule has 1 aromatic rings. The third-order valence-corrected chi connectivity index (χ3v) is 2.22. The first kappa shape index (κ1) is 11.2. The molecule has 1 N–H and O–H groups in total. The second-order valence-corrected chi connectivity index (χ2v) is 3.89. The molecule has 76 valence electrons. The average Bonchev–Trinajstić information content (AvgIpc) is 2.01. The molecule has 2 nitrogen and oxygen atoms in total. The van der Waals surface area contributed by atoms with Gasteiger partial charge in [-0.3, -0.25) is 4.79 Å². The van der Waals surface area contributed by atoms with Gasteiger partial charge in [-0.1, -0.05) is 29.3 Å². The Kier molecular flexibility index (Phi) is 3.67. The molecule has 1 rings (SSSR count). The zero-order valence-electron chi connectivity index (χ0n) is 8.25. The van der Waals surface area contributed by atoms with Crippen molar-refractivity contribution in [2.45, 2.75) is 26.4 Å². The first-order valence-corrected chi connectivity index (χ1v) is 4.81. The van der Waals surface area contributed by atoms with Gasteiger partial charge in [0.15, 0.2) is 0 Å². The van der Waals surface area contributed by atoms with Crippen LogP contribution in [0.15, 0.2) is 18.2 Å². The maximum Gasteiger partial charge on any atom is 0.250 e. The van der Waals surface area contributed by atoms with Crippen LogP contribution in [0.1, 0.15) is 16.7 Å². The Hall–Kier alpha value is -0.860. The Balaban J connectivity index is 2.81. The Bertz CT molecular complexity index is 327. The van der Waals surface area contributed by atoms with Crippen molar-refractivity contribution in [3.05, 3.63) is 34.9 Å². The van der Waals surface area contributed by atoms with E-state index in [-0.39, 0.29) is 6.42 Å². The third kappa shape index (κ3) is 3.13. The zero-order chi connectivity index (χ0) is 10.7. The summed E-state index contributed by atoms with van der Waals surface area (Å²) < 4.78 is 0. The zero-order valence-corrected chi connectivity index (χ0v) is 9.01. The highest BCUT2D eigenvalue weighted by Crippen LogP contribution is 2.11. The summed E-state index contributed by atoms with van der Waals surface area (Å²) in [6.45, 7) is 3.96. The van der Waals surface area contributed by atoms with Crippen molar-refractivity contribution in [2.75, 3.05) is 0 Å². The van der Waals surface area contributed by atoms with Crippen LogP contribution >= 0.6 is 11.6 Å². The number of benzene rings is 1. The van der Waals surface area contributed by atoms with Crippen molar-refractivity contribution in [2.24, 2.45) is 0 Å². The molecule has 1 atom stereocenters. The standard InChI is InChI=1S/C11H13ClO2/c1-7-3-8(2)5-9(4-7)6-10(13)11(12)14/h3-5,10,13H,6H2,1-2H3. The molecule has 0 saturated heterocycles. The highest BCUT2D eigenvalue weighted by atomic mass is 35.5. The van der Waals surface area contributed by atoms with E-state index in [0.717, 1.165) is 16.7 Å². The monoisotopic (exact) mass is 212 g/mol. The van der Waals surface area contributed by atoms with Gasteiger partial charge in [0.1, 0.15) is 6.10 Å². The largest absolute Gasteiger partial charge is 0.384 e. The molecule has 0 saturated carbocycles. The molecular formula is C11H13ClO2. The number of hydrogen-bond donors (Lipinski definition) is 1. The number of carbonyl (C=O) groups excluding carboxylic acids is 1. The quantitative estimate of drug-likeness (QED) is 0.778. The molecule has 3 heteroatoms. The number of aryl methyl sites for hydroxylation is 2. The fourth-order valence-corrected chi connectivity index (χ4v) is 1.57. The summed E-state index contributed by atoms with van der Waals surface area (Å²) in [6, 6.07) is 5.92. The molecule has 0 heterocycles. The van der Waals surface area contributed by atoms with E-state index in [1.54, 1.807) is 0 Å². The van der Waals surface area contributed by atoms with E-state index in [4.69, 9.17) is 11.6 Å². The van der Waals surface area contributed by atoms with Crippen LogP contribution in [-0.4, -0.2) is 16.5 Å². The van der Waals surface area contributed by atoms with Crippen molar-refractivity contribution in [1.29, 1.82) is 0 Å². The molecule has 0 amide bonds. The van der Waals surface area contributed by atoms with Gasteiger partial charge in [0.05, 0.1) is 0 Å². The first-order chi connectivity index (χ1) is 6.49. The van der Waals surface area contributed by atoms with Gasteiger partial charge in [-0.15, -0.1) is 0 Å². The fourth-order valence-electron chi connectivity index (χ4n) is 1.49. The molecule has 0 aromatic heterocycles. The van der Waals surface area contributed by atoms with Crippen LogP contribution in [-0.2, 0) is 11.2 Å². The number of carbonyl (C=O) groups is 1. The summed E-state index contributed by atoms with van der Waals surface area (Å²) in [7, 11) is 0. The topological polar surface area (TPSA) is 37.3 Å². The summed E-state index contributed by atoms with van der Waals surface area (Å²) in [5.41, 5.74) is 3.17. The van der Waals surface area contributed by atoms with Gasteiger partial charge < -0.3 is 5.11 Å². The summed E-state index contributed by atoms with van der Waals surface area (Å²) >= 11 is 5.17. The average molecular weight is 213 g/mol. The minimum atomic E-state index is -1.10. The molecule has 0 spiro atoms. The summed E-state index contributed by atoms with van der Waals surface area (Å²) in [6.07, 6.45) is -0.817. The minimum absolute atomic E-state index is 0.283. The van der Waals surface area contributed by atoms with Gasteiger partial charge in [0, 0.05) is 6.42 Å². The highest BCUT2D eigenvalue weighted by Gasteiger charge is 2.12. The van der Waals surface area contributed by atoms with Gasteiger partial charge >= 0.3 is 0 Å². The second kappa shape index (κ2) is 4.58. The third-order valence-electron chi connectivity index (χ3n) is 1.97. The Morgan fingerprint density at radius 2 is 1.86 bits per heavy atom. The van der Waals surface area contributed by atoms with E-state index in [0.29, 0.717) is 0 Å². The molecule has 0 bridgehead atoms. The lowest BCUT2D eigenvalue weighted by atomic mass is 10.0. The van der Waals surface area contributed by atoms with Gasteiger partial charge in [0.25, 0.3) is 5.24 Å². The van der Waals surface area contributed by atoms with Gasteiger partial charge in [-0.05, 0) is 31.0 Å². The molecular weight excluding hydrogens is 200 g/mol. The predicted octanol–water partition coefficient (Wildman–Crippen LogP) is 1.97. The van der Waals surface area contributed by atoms with E-state index in [1.165, 1.54) is 0 Å². The van der Waals surface area contributed by atoms with E-state index in [9.17, 15) is 9.90 Å². The van der Waals surface area contributed by atoms with Crippen LogP contribution in [0.5, 0.6) is 0 Å². The molecule has 1 aromatic carbocycles. The molecule has 0 radical (unpaired) electrons. The SMILES string of the molecule is Cc1cc(C)cc(CC(O)C(=O)Cl)c1. The number of halogens is 1. The minimum Gasteiger partial charge on any atom is -0.384 e. The smallest absolute Gasteiger partial charge is 0.250 e. The van der Waals surface area contributed by atoms with Crippen LogP contribution < -0.4 is 0 Å². The lowest BCUT2D eigenvalue weighted by molar-refractivity contribution is -0.118. The normalized spacial score (nSPS) is 12.6. The summed E-state index contributed by atoms with van der Waals surface area (Å²) in [5, 5.41) is 8.58. The predicted molar refractivity (Wildman–Crippen MR) is 56.5 cm³/mol. The van der Waals surface area contributed by atoms with Gasteiger partial charge in [-0.25, -0.2) is 0 Å². The van der Waals surface area contributed by atoms with Crippen molar-refractivity contribution in [1.82, 2.24) is 0 Å². The maximum atomic E-state index is 10.6. The number of aliphatic hydroxyl groups is 1. The molecule has 0 aliphatic heterocycles. The fraction of sp³-hybridized carbons (Fsp3) is 0.364. The molecule has 14 heavy (non-hydrogen) atoms. The van der Waals surface area contributed by atoms with Crippen molar-refractivity contribution < 1.29 is 9.90 Å². The van der Waals surface area contributed by atoms with Crippen LogP contribution in [0.4, 0.5) is 0 Å². The lowest BCUT2D eigenvalue weighted by Crippen LogP contribution is -2.17. The van der Waals surface area contributed by atoms with E-state index >= 15 is 0 Å². The molecule has 0 aliphatic rings. The maximum absolute atomic E-state index is 10.6. The second-order valence-electron chi connectivity index (χ2n) is 3.52. The highest BCUT2D eigenvalue weighted by molar-refractivity contribution is 6.64. The van der Waals surface area contributed by atoms with E-state index in [1.807, 2.05) is 32.0 Å². The van der Waals surface area contributed by atoms with Crippen molar-refractivity contribution in [3.8, 4) is 0 Å². The Morgan fingerprint density at radius 3 is 2.29 bits per heavy atom. The summed E-state index contributed by atoms with van der Waals surface area (Å²) in [4.78, 5) is 10.6. The molecule has 0 aliphatic carbocycles. The van der Waals surface area contributed by atoms with Crippen LogP contribution in [0.2, 0.25) is 0 Å². The van der Waals surface area contributed by atoms with E-state index < -0.39 is 11.3 Å².